The van der Waals surface area contributed by atoms with Crippen molar-refractivity contribution < 1.29 is 23.8 Å². The molecule has 0 aliphatic heterocycles. The Labute approximate surface area is 172 Å². The molecule has 2 aromatic carbocycles. The van der Waals surface area contributed by atoms with E-state index in [0.717, 1.165) is 5.69 Å². The van der Waals surface area contributed by atoms with Crippen molar-refractivity contribution in [2.75, 3.05) is 12.4 Å². The van der Waals surface area contributed by atoms with Crippen LogP contribution in [-0.4, -0.2) is 30.1 Å². The Morgan fingerprint density at radius 3 is 2.59 bits per heavy atom. The third-order valence-electron chi connectivity index (χ3n) is 3.98. The zero-order valence-electron chi connectivity index (χ0n) is 16.0. The minimum atomic E-state index is -0.979. The molecule has 8 heteroatoms. The lowest BCUT2D eigenvalue weighted by molar-refractivity contribution is -0.123. The molecule has 1 heterocycles. The zero-order chi connectivity index (χ0) is 20.6. The Balaban J connectivity index is 1.54. The van der Waals surface area contributed by atoms with Crippen LogP contribution in [0.25, 0.3) is 0 Å². The second-order valence-electron chi connectivity index (χ2n) is 6.03. The maximum atomic E-state index is 12.3. The van der Waals surface area contributed by atoms with Crippen LogP contribution in [0.1, 0.15) is 23.0 Å². The molecule has 0 aliphatic carbocycles. The van der Waals surface area contributed by atoms with Crippen molar-refractivity contribution in [1.82, 2.24) is 4.98 Å². The standard InChI is InChI=1S/C21H20N2O5S/c1-14(20(24)23-18-5-3-4-6-19(18)26-2)28-21(25)15-7-9-17(10-8-15)27-11-16-12-29-13-22-16/h3-10,12-14H,11H2,1-2H3,(H,23,24)/t14-/m1/s1. The summed E-state index contributed by atoms with van der Waals surface area (Å²) < 4.78 is 16.1. The summed E-state index contributed by atoms with van der Waals surface area (Å²) in [4.78, 5) is 28.8. The molecule has 7 nitrogen and oxygen atoms in total. The third kappa shape index (κ3) is 5.55. The van der Waals surface area contributed by atoms with E-state index in [-0.39, 0.29) is 0 Å². The zero-order valence-corrected chi connectivity index (χ0v) is 16.8. The Kier molecular flexibility index (Phi) is 6.80. The first kappa shape index (κ1) is 20.3. The summed E-state index contributed by atoms with van der Waals surface area (Å²) in [5, 5.41) is 4.60. The van der Waals surface area contributed by atoms with E-state index in [9.17, 15) is 9.59 Å². The van der Waals surface area contributed by atoms with E-state index in [1.807, 2.05) is 5.38 Å². The second-order valence-corrected chi connectivity index (χ2v) is 6.75. The lowest BCUT2D eigenvalue weighted by Crippen LogP contribution is -2.30. The van der Waals surface area contributed by atoms with Gasteiger partial charge in [-0.3, -0.25) is 4.79 Å². The Morgan fingerprint density at radius 1 is 1.14 bits per heavy atom. The van der Waals surface area contributed by atoms with Gasteiger partial charge < -0.3 is 19.5 Å². The summed E-state index contributed by atoms with van der Waals surface area (Å²) >= 11 is 1.50. The smallest absolute Gasteiger partial charge is 0.338 e. The van der Waals surface area contributed by atoms with Crippen molar-refractivity contribution >= 4 is 28.9 Å². The van der Waals surface area contributed by atoms with Crippen LogP contribution in [0, 0.1) is 0 Å². The maximum absolute atomic E-state index is 12.3. The molecule has 150 valence electrons. The quantitative estimate of drug-likeness (QED) is 0.565. The number of para-hydroxylation sites is 2. The van der Waals surface area contributed by atoms with Gasteiger partial charge in [-0.15, -0.1) is 11.3 Å². The second kappa shape index (κ2) is 9.70. The van der Waals surface area contributed by atoms with Crippen LogP contribution in [0.3, 0.4) is 0 Å². The highest BCUT2D eigenvalue weighted by Crippen LogP contribution is 2.23. The monoisotopic (exact) mass is 412 g/mol. The van der Waals surface area contributed by atoms with Crippen LogP contribution in [0.2, 0.25) is 0 Å². The maximum Gasteiger partial charge on any atom is 0.338 e. The van der Waals surface area contributed by atoms with E-state index >= 15 is 0 Å². The first-order valence-electron chi connectivity index (χ1n) is 8.81. The molecule has 0 bridgehead atoms. The highest BCUT2D eigenvalue weighted by atomic mass is 32.1. The number of carbonyl (C=O) groups is 2. The Morgan fingerprint density at radius 2 is 1.90 bits per heavy atom. The van der Waals surface area contributed by atoms with Crippen LogP contribution < -0.4 is 14.8 Å². The van der Waals surface area contributed by atoms with E-state index in [2.05, 4.69) is 10.3 Å². The number of ether oxygens (including phenoxy) is 3. The fraction of sp³-hybridized carbons (Fsp3) is 0.190. The van der Waals surface area contributed by atoms with Gasteiger partial charge in [0.15, 0.2) is 6.10 Å². The number of rotatable bonds is 8. The normalized spacial score (nSPS) is 11.4. The summed E-state index contributed by atoms with van der Waals surface area (Å²) in [6.07, 6.45) is -0.979. The van der Waals surface area contributed by atoms with Crippen molar-refractivity contribution in [3.63, 3.8) is 0 Å². The van der Waals surface area contributed by atoms with Crippen molar-refractivity contribution in [1.29, 1.82) is 0 Å². The number of nitrogens with one attached hydrogen (secondary N) is 1. The number of aromatic nitrogens is 1. The van der Waals surface area contributed by atoms with Crippen molar-refractivity contribution in [3.8, 4) is 11.5 Å². The van der Waals surface area contributed by atoms with Gasteiger partial charge in [-0.1, -0.05) is 12.1 Å². The fourth-order valence-electron chi connectivity index (χ4n) is 2.42. The molecular weight excluding hydrogens is 392 g/mol. The lowest BCUT2D eigenvalue weighted by atomic mass is 10.2. The molecule has 3 rings (SSSR count). The van der Waals surface area contributed by atoms with Crippen molar-refractivity contribution in [2.24, 2.45) is 0 Å². The van der Waals surface area contributed by atoms with Crippen molar-refractivity contribution in [2.45, 2.75) is 19.6 Å². The number of hydrogen-bond acceptors (Lipinski definition) is 7. The van der Waals surface area contributed by atoms with Crippen LogP contribution in [0.4, 0.5) is 5.69 Å². The average Bonchev–Trinajstić information content (AvgIpc) is 3.26. The number of thiazole rings is 1. The van der Waals surface area contributed by atoms with Crippen molar-refractivity contribution in [3.05, 3.63) is 70.7 Å². The number of anilines is 1. The van der Waals surface area contributed by atoms with Gasteiger partial charge in [0.05, 0.1) is 29.6 Å². The lowest BCUT2D eigenvalue weighted by Gasteiger charge is -2.15. The topological polar surface area (TPSA) is 86.8 Å². The molecule has 0 spiro atoms. The largest absolute Gasteiger partial charge is 0.495 e. The average molecular weight is 412 g/mol. The van der Waals surface area contributed by atoms with Gasteiger partial charge in [0.25, 0.3) is 5.91 Å². The van der Waals surface area contributed by atoms with Gasteiger partial charge in [0, 0.05) is 5.38 Å². The molecule has 0 radical (unpaired) electrons. The molecule has 1 N–H and O–H groups in total. The van der Waals surface area contributed by atoms with Crippen LogP contribution in [-0.2, 0) is 16.1 Å². The number of nitrogens with zero attached hydrogens (tertiary/aromatic N) is 1. The number of esters is 1. The van der Waals surface area contributed by atoms with E-state index in [0.29, 0.717) is 29.4 Å². The predicted molar refractivity (Wildman–Crippen MR) is 109 cm³/mol. The summed E-state index contributed by atoms with van der Waals surface area (Å²) in [5.41, 5.74) is 3.41. The summed E-state index contributed by atoms with van der Waals surface area (Å²) in [6, 6.07) is 13.5. The number of amides is 1. The molecule has 0 aliphatic rings. The predicted octanol–water partition coefficient (Wildman–Crippen LogP) is 3.91. The Bertz CT molecular complexity index is 957. The number of hydrogen-bond donors (Lipinski definition) is 1. The molecule has 0 saturated heterocycles. The molecule has 1 aromatic heterocycles. The van der Waals surface area contributed by atoms with Gasteiger partial charge in [-0.2, -0.15) is 0 Å². The molecule has 0 unspecified atom stereocenters. The third-order valence-corrected chi connectivity index (χ3v) is 4.61. The molecule has 0 saturated carbocycles. The molecule has 1 amide bonds. The van der Waals surface area contributed by atoms with Gasteiger partial charge in [0.1, 0.15) is 18.1 Å². The van der Waals surface area contributed by atoms with E-state index in [1.165, 1.54) is 25.4 Å². The van der Waals surface area contributed by atoms with Gasteiger partial charge in [0.2, 0.25) is 0 Å². The fourth-order valence-corrected chi connectivity index (χ4v) is 2.96. The summed E-state index contributed by atoms with van der Waals surface area (Å²) in [5.74, 6) is 0.0777. The van der Waals surface area contributed by atoms with E-state index < -0.39 is 18.0 Å². The van der Waals surface area contributed by atoms with E-state index in [1.54, 1.807) is 54.0 Å². The van der Waals surface area contributed by atoms with Gasteiger partial charge in [-0.05, 0) is 43.3 Å². The highest BCUT2D eigenvalue weighted by molar-refractivity contribution is 7.07. The minimum Gasteiger partial charge on any atom is -0.495 e. The first-order chi connectivity index (χ1) is 14.1. The Hall–Kier alpha value is -3.39. The number of carbonyl (C=O) groups excluding carboxylic acids is 2. The molecule has 3 aromatic rings. The van der Waals surface area contributed by atoms with Crippen LogP contribution >= 0.6 is 11.3 Å². The highest BCUT2D eigenvalue weighted by Gasteiger charge is 2.20. The molecule has 0 fully saturated rings. The number of benzene rings is 2. The van der Waals surface area contributed by atoms with Crippen LogP contribution in [0.5, 0.6) is 11.5 Å². The SMILES string of the molecule is COc1ccccc1NC(=O)[C@@H](C)OC(=O)c1ccc(OCc2cscn2)cc1. The summed E-state index contributed by atoms with van der Waals surface area (Å²) in [7, 11) is 1.51. The molecule has 29 heavy (non-hydrogen) atoms. The van der Waals surface area contributed by atoms with Gasteiger partial charge >= 0.3 is 5.97 Å². The molecular formula is C21H20N2O5S. The number of methoxy groups -OCH3 is 1. The minimum absolute atomic E-state index is 0.322. The molecule has 1 atom stereocenters. The van der Waals surface area contributed by atoms with Gasteiger partial charge in [-0.25, -0.2) is 9.78 Å². The van der Waals surface area contributed by atoms with Crippen LogP contribution in [0.15, 0.2) is 59.4 Å². The van der Waals surface area contributed by atoms with E-state index in [4.69, 9.17) is 14.2 Å². The summed E-state index contributed by atoms with van der Waals surface area (Å²) in [6.45, 7) is 1.86. The first-order valence-corrected chi connectivity index (χ1v) is 9.76.